The largest absolute Gasteiger partial charge is 0.465 e. The molecule has 0 N–H and O–H groups in total. The van der Waals surface area contributed by atoms with Crippen LogP contribution >= 0.6 is 7.37 Å². The van der Waals surface area contributed by atoms with Crippen LogP contribution in [-0.4, -0.2) is 25.3 Å². The van der Waals surface area contributed by atoms with Crippen molar-refractivity contribution in [2.45, 2.75) is 33.6 Å². The Hall–Kier alpha value is -1.12. The molecule has 2 atom stereocenters. The molecule has 0 aliphatic carbocycles. The number of carbonyl (C=O) groups excluding carboxylic acids is 1. The van der Waals surface area contributed by atoms with Crippen LogP contribution in [0, 0.1) is 5.92 Å². The molecule has 0 amide bonds. The fourth-order valence-corrected chi connectivity index (χ4v) is 4.35. The number of carbonyl (C=O) groups is 1. The summed E-state index contributed by atoms with van der Waals surface area (Å²) in [6.45, 7) is 6.46. The predicted molar refractivity (Wildman–Crippen MR) is 85.2 cm³/mol. The maximum atomic E-state index is 13.1. The summed E-state index contributed by atoms with van der Waals surface area (Å²) in [6, 6.07) is 9.11. The highest BCUT2D eigenvalue weighted by Gasteiger charge is 2.31. The second-order valence-electron chi connectivity index (χ2n) is 5.09. The number of ether oxygens (including phenoxy) is 1. The van der Waals surface area contributed by atoms with E-state index < -0.39 is 13.3 Å². The van der Waals surface area contributed by atoms with Crippen LogP contribution in [0.3, 0.4) is 0 Å². The van der Waals surface area contributed by atoms with Gasteiger partial charge in [0.1, 0.15) is 0 Å². The molecular formula is C16H25O4P. The minimum absolute atomic E-state index is 0.180. The van der Waals surface area contributed by atoms with Crippen LogP contribution in [0.15, 0.2) is 30.3 Å². The van der Waals surface area contributed by atoms with Crippen LogP contribution in [-0.2, 0) is 18.6 Å². The molecule has 4 nitrogen and oxygen atoms in total. The third-order valence-corrected chi connectivity index (χ3v) is 5.73. The van der Waals surface area contributed by atoms with Crippen molar-refractivity contribution in [3.05, 3.63) is 30.3 Å². The molecule has 0 heterocycles. The Balaban J connectivity index is 2.83. The Kier molecular flexibility index (Phi) is 7.69. The molecule has 0 saturated carbocycles. The van der Waals surface area contributed by atoms with Crippen molar-refractivity contribution in [3.63, 3.8) is 0 Å². The Morgan fingerprint density at radius 2 is 1.76 bits per heavy atom. The zero-order valence-corrected chi connectivity index (χ0v) is 14.0. The lowest BCUT2D eigenvalue weighted by Gasteiger charge is -2.21. The van der Waals surface area contributed by atoms with E-state index in [-0.39, 0.29) is 12.1 Å². The van der Waals surface area contributed by atoms with Gasteiger partial charge in [-0.15, -0.1) is 0 Å². The minimum atomic E-state index is -3.03. The highest BCUT2D eigenvalue weighted by Crippen LogP contribution is 2.47. The lowest BCUT2D eigenvalue weighted by molar-refractivity contribution is -0.147. The summed E-state index contributed by atoms with van der Waals surface area (Å²) in [5.41, 5.74) is 0. The fourth-order valence-electron chi connectivity index (χ4n) is 1.91. The summed E-state index contributed by atoms with van der Waals surface area (Å²) in [4.78, 5) is 11.9. The molecule has 21 heavy (non-hydrogen) atoms. The van der Waals surface area contributed by atoms with Crippen molar-refractivity contribution < 1.29 is 18.6 Å². The Morgan fingerprint density at radius 3 is 2.33 bits per heavy atom. The Labute approximate surface area is 127 Å². The van der Waals surface area contributed by atoms with Gasteiger partial charge in [0, 0.05) is 11.5 Å². The number of rotatable bonds is 9. The average molecular weight is 312 g/mol. The van der Waals surface area contributed by atoms with Crippen molar-refractivity contribution in [1.29, 1.82) is 0 Å². The van der Waals surface area contributed by atoms with Gasteiger partial charge in [-0.1, -0.05) is 39.0 Å². The highest BCUT2D eigenvalue weighted by atomic mass is 31.2. The molecular weight excluding hydrogens is 287 g/mol. The molecule has 5 heteroatoms. The minimum Gasteiger partial charge on any atom is -0.465 e. The number of hydrogen-bond donors (Lipinski definition) is 0. The monoisotopic (exact) mass is 312 g/mol. The summed E-state index contributed by atoms with van der Waals surface area (Å²) in [6.07, 6.45) is 1.74. The van der Waals surface area contributed by atoms with Crippen LogP contribution in [0.1, 0.15) is 33.6 Å². The smallest absolute Gasteiger partial charge is 0.309 e. The molecule has 0 saturated heterocycles. The third-order valence-electron chi connectivity index (χ3n) is 3.02. The molecule has 1 aromatic carbocycles. The lowest BCUT2D eigenvalue weighted by atomic mass is 10.2. The van der Waals surface area contributed by atoms with E-state index >= 15 is 0 Å². The molecule has 0 radical (unpaired) electrons. The first-order chi connectivity index (χ1) is 10.0. The van der Waals surface area contributed by atoms with E-state index in [1.54, 1.807) is 19.1 Å². The van der Waals surface area contributed by atoms with E-state index in [2.05, 4.69) is 0 Å². The Bertz CT molecular complexity index is 472. The zero-order valence-electron chi connectivity index (χ0n) is 13.1. The zero-order chi connectivity index (χ0) is 15.7. The van der Waals surface area contributed by atoms with Crippen LogP contribution in [0.4, 0.5) is 0 Å². The molecule has 0 aromatic heterocycles. The molecule has 1 aromatic rings. The number of hydrogen-bond acceptors (Lipinski definition) is 4. The van der Waals surface area contributed by atoms with Gasteiger partial charge < -0.3 is 9.26 Å². The van der Waals surface area contributed by atoms with E-state index in [4.69, 9.17) is 9.26 Å². The highest BCUT2D eigenvalue weighted by molar-refractivity contribution is 7.67. The molecule has 0 aliphatic rings. The third kappa shape index (κ3) is 5.64. The molecule has 0 spiro atoms. The van der Waals surface area contributed by atoms with Crippen LogP contribution in [0.2, 0.25) is 0 Å². The van der Waals surface area contributed by atoms with Crippen molar-refractivity contribution >= 4 is 18.6 Å². The summed E-state index contributed by atoms with van der Waals surface area (Å²) >= 11 is 0. The number of esters is 1. The molecule has 1 rings (SSSR count). The van der Waals surface area contributed by atoms with Gasteiger partial charge in [-0.05, 0) is 25.0 Å². The van der Waals surface area contributed by atoms with Crippen LogP contribution in [0.5, 0.6) is 0 Å². The van der Waals surface area contributed by atoms with Crippen molar-refractivity contribution in [3.8, 4) is 0 Å². The van der Waals surface area contributed by atoms with Gasteiger partial charge in [0.25, 0.3) is 0 Å². The van der Waals surface area contributed by atoms with Crippen LogP contribution in [0.25, 0.3) is 0 Å². The van der Waals surface area contributed by atoms with Crippen molar-refractivity contribution in [2.75, 3.05) is 19.4 Å². The average Bonchev–Trinajstić information content (AvgIpc) is 2.51. The van der Waals surface area contributed by atoms with Crippen molar-refractivity contribution in [1.82, 2.24) is 0 Å². The van der Waals surface area contributed by atoms with E-state index in [0.29, 0.717) is 18.5 Å². The fraction of sp³-hybridized carbons (Fsp3) is 0.562. The van der Waals surface area contributed by atoms with Crippen LogP contribution < -0.4 is 5.30 Å². The first-order valence-electron chi connectivity index (χ1n) is 7.49. The van der Waals surface area contributed by atoms with E-state index in [9.17, 15) is 9.36 Å². The Morgan fingerprint density at radius 1 is 1.14 bits per heavy atom. The van der Waals surface area contributed by atoms with Gasteiger partial charge in [-0.3, -0.25) is 9.36 Å². The summed E-state index contributed by atoms with van der Waals surface area (Å²) in [5, 5.41) is 0.661. The van der Waals surface area contributed by atoms with Gasteiger partial charge in [-0.25, -0.2) is 0 Å². The van der Waals surface area contributed by atoms with E-state index in [1.165, 1.54) is 0 Å². The van der Waals surface area contributed by atoms with Gasteiger partial charge >= 0.3 is 5.97 Å². The normalized spacial score (nSPS) is 15.2. The van der Waals surface area contributed by atoms with E-state index in [0.717, 1.165) is 12.8 Å². The van der Waals surface area contributed by atoms with Gasteiger partial charge in [0.2, 0.25) is 7.37 Å². The van der Waals surface area contributed by atoms with Crippen molar-refractivity contribution in [2.24, 2.45) is 5.92 Å². The van der Waals surface area contributed by atoms with Gasteiger partial charge in [0.05, 0.1) is 19.1 Å². The first kappa shape index (κ1) is 17.9. The standard InChI is InChI=1S/C16H25O4P/c1-4-11-19-16(17)14(3)13-21(18,20-12-5-2)15-9-7-6-8-10-15/h6-10,14H,4-5,11-13H2,1-3H3. The molecule has 2 unspecified atom stereocenters. The summed E-state index contributed by atoms with van der Waals surface area (Å²) in [5.74, 6) is -0.757. The maximum Gasteiger partial charge on any atom is 0.309 e. The lowest BCUT2D eigenvalue weighted by Crippen LogP contribution is -2.22. The summed E-state index contributed by atoms with van der Waals surface area (Å²) in [7, 11) is -3.03. The van der Waals surface area contributed by atoms with Gasteiger partial charge in [-0.2, -0.15) is 0 Å². The maximum absolute atomic E-state index is 13.1. The molecule has 0 fully saturated rings. The summed E-state index contributed by atoms with van der Waals surface area (Å²) < 4.78 is 23.9. The predicted octanol–water partition coefficient (Wildman–Crippen LogP) is 3.61. The second kappa shape index (κ2) is 9.01. The first-order valence-corrected chi connectivity index (χ1v) is 9.30. The SMILES string of the molecule is CCCOC(=O)C(C)CP(=O)(OCCC)c1ccccc1. The molecule has 118 valence electrons. The molecule has 0 aliphatic heterocycles. The molecule has 0 bridgehead atoms. The topological polar surface area (TPSA) is 52.6 Å². The number of benzene rings is 1. The van der Waals surface area contributed by atoms with Gasteiger partial charge in [0.15, 0.2) is 0 Å². The second-order valence-corrected chi connectivity index (χ2v) is 7.58. The van der Waals surface area contributed by atoms with E-state index in [1.807, 2.05) is 32.0 Å². The quantitative estimate of drug-likeness (QED) is 0.516.